The molecule has 0 aliphatic carbocycles. The van der Waals surface area contributed by atoms with Gasteiger partial charge in [-0.05, 0) is 31.5 Å². The summed E-state index contributed by atoms with van der Waals surface area (Å²) in [6, 6.07) is 3.90. The van der Waals surface area contributed by atoms with E-state index in [1.807, 2.05) is 0 Å². The first-order valence-electron chi connectivity index (χ1n) is 6.24. The van der Waals surface area contributed by atoms with Crippen molar-refractivity contribution in [2.24, 2.45) is 0 Å². The summed E-state index contributed by atoms with van der Waals surface area (Å²) >= 11 is 0. The normalized spacial score (nSPS) is 19.6. The second-order valence-corrected chi connectivity index (χ2v) is 4.60. The number of hydrogen-bond donors (Lipinski definition) is 1. The molecule has 3 rings (SSSR count). The Hall–Kier alpha value is -1.82. The zero-order valence-electron chi connectivity index (χ0n) is 10.2. The van der Waals surface area contributed by atoms with E-state index in [1.54, 1.807) is 0 Å². The highest BCUT2D eigenvalue weighted by Gasteiger charge is 2.22. The van der Waals surface area contributed by atoms with Gasteiger partial charge in [-0.1, -0.05) is 11.2 Å². The SMILES string of the molecule is Fc1cccc(-c2nc(C3CCCNC3)no2)c1F. The standard InChI is InChI=1S/C13H13F2N3O/c14-10-5-1-4-9(11(10)15)13-17-12(18-19-13)8-3-2-6-16-7-8/h1,4-5,8,16H,2-3,6-7H2. The van der Waals surface area contributed by atoms with Gasteiger partial charge in [-0.15, -0.1) is 0 Å². The predicted octanol–water partition coefficient (Wildman–Crippen LogP) is 2.48. The van der Waals surface area contributed by atoms with Gasteiger partial charge in [0.1, 0.15) is 0 Å². The van der Waals surface area contributed by atoms with Crippen LogP contribution in [0.2, 0.25) is 0 Å². The summed E-state index contributed by atoms with van der Waals surface area (Å²) in [5, 5.41) is 7.12. The number of benzene rings is 1. The van der Waals surface area contributed by atoms with E-state index in [2.05, 4.69) is 15.5 Å². The molecule has 0 saturated carbocycles. The molecule has 0 spiro atoms. The zero-order valence-corrected chi connectivity index (χ0v) is 10.2. The van der Waals surface area contributed by atoms with Crippen LogP contribution in [-0.4, -0.2) is 23.2 Å². The highest BCUT2D eigenvalue weighted by atomic mass is 19.2. The van der Waals surface area contributed by atoms with Crippen LogP contribution < -0.4 is 5.32 Å². The molecular formula is C13H13F2N3O. The molecule has 0 radical (unpaired) electrons. The Morgan fingerprint density at radius 2 is 2.21 bits per heavy atom. The van der Waals surface area contributed by atoms with Crippen molar-refractivity contribution in [3.8, 4) is 11.5 Å². The lowest BCUT2D eigenvalue weighted by molar-refractivity contribution is 0.391. The average Bonchev–Trinajstić information content (AvgIpc) is 2.92. The summed E-state index contributed by atoms with van der Waals surface area (Å²) in [5.74, 6) is -1.14. The van der Waals surface area contributed by atoms with Gasteiger partial charge in [0.2, 0.25) is 0 Å². The van der Waals surface area contributed by atoms with Crippen LogP contribution >= 0.6 is 0 Å². The van der Waals surface area contributed by atoms with Crippen LogP contribution in [0, 0.1) is 11.6 Å². The molecule has 1 aliphatic rings. The molecule has 1 atom stereocenters. The number of piperidine rings is 1. The van der Waals surface area contributed by atoms with Crippen LogP contribution in [0.1, 0.15) is 24.6 Å². The Kier molecular flexibility index (Phi) is 3.25. The van der Waals surface area contributed by atoms with Crippen molar-refractivity contribution in [1.29, 1.82) is 0 Å². The molecule has 0 bridgehead atoms. The predicted molar refractivity (Wildman–Crippen MR) is 64.5 cm³/mol. The third-order valence-electron chi connectivity index (χ3n) is 3.29. The second-order valence-electron chi connectivity index (χ2n) is 4.60. The van der Waals surface area contributed by atoms with E-state index in [4.69, 9.17) is 4.52 Å². The Labute approximate surface area is 108 Å². The molecule has 19 heavy (non-hydrogen) atoms. The fourth-order valence-electron chi connectivity index (χ4n) is 2.25. The van der Waals surface area contributed by atoms with Crippen LogP contribution in [0.5, 0.6) is 0 Å². The van der Waals surface area contributed by atoms with Crippen molar-refractivity contribution in [3.63, 3.8) is 0 Å². The average molecular weight is 265 g/mol. The molecule has 4 nitrogen and oxygen atoms in total. The van der Waals surface area contributed by atoms with Gasteiger partial charge in [0.25, 0.3) is 5.89 Å². The lowest BCUT2D eigenvalue weighted by Crippen LogP contribution is -2.28. The maximum atomic E-state index is 13.6. The van der Waals surface area contributed by atoms with Crippen LogP contribution in [-0.2, 0) is 0 Å². The summed E-state index contributed by atoms with van der Waals surface area (Å²) in [6.07, 6.45) is 2.01. The Morgan fingerprint density at radius 3 is 3.00 bits per heavy atom. The molecule has 2 heterocycles. The Bertz CT molecular complexity index is 579. The number of hydrogen-bond acceptors (Lipinski definition) is 4. The molecule has 1 N–H and O–H groups in total. The summed E-state index contributed by atoms with van der Waals surface area (Å²) in [5.41, 5.74) is 0.00233. The molecule has 1 aliphatic heterocycles. The van der Waals surface area contributed by atoms with Gasteiger partial charge in [0.05, 0.1) is 5.56 Å². The minimum absolute atomic E-state index is 0.00233. The maximum Gasteiger partial charge on any atom is 0.261 e. The quantitative estimate of drug-likeness (QED) is 0.906. The van der Waals surface area contributed by atoms with Crippen LogP contribution in [0.15, 0.2) is 22.7 Å². The number of nitrogens with one attached hydrogen (secondary N) is 1. The van der Waals surface area contributed by atoms with Crippen molar-refractivity contribution in [1.82, 2.24) is 15.5 Å². The van der Waals surface area contributed by atoms with Gasteiger partial charge in [-0.3, -0.25) is 0 Å². The lowest BCUT2D eigenvalue weighted by Gasteiger charge is -2.19. The first kappa shape index (κ1) is 12.2. The molecule has 2 aromatic rings. The summed E-state index contributed by atoms with van der Waals surface area (Å²) < 4.78 is 31.8. The largest absolute Gasteiger partial charge is 0.334 e. The fourth-order valence-corrected chi connectivity index (χ4v) is 2.25. The monoisotopic (exact) mass is 265 g/mol. The van der Waals surface area contributed by atoms with Gasteiger partial charge < -0.3 is 9.84 Å². The third-order valence-corrected chi connectivity index (χ3v) is 3.29. The topological polar surface area (TPSA) is 51.0 Å². The van der Waals surface area contributed by atoms with Crippen molar-refractivity contribution in [2.45, 2.75) is 18.8 Å². The van der Waals surface area contributed by atoms with Crippen molar-refractivity contribution < 1.29 is 13.3 Å². The van der Waals surface area contributed by atoms with E-state index in [9.17, 15) is 8.78 Å². The van der Waals surface area contributed by atoms with Crippen molar-refractivity contribution >= 4 is 0 Å². The highest BCUT2D eigenvalue weighted by Crippen LogP contribution is 2.26. The molecule has 1 aromatic heterocycles. The van der Waals surface area contributed by atoms with Crippen LogP contribution in [0.3, 0.4) is 0 Å². The van der Waals surface area contributed by atoms with Gasteiger partial charge in [0.15, 0.2) is 17.5 Å². The van der Waals surface area contributed by atoms with Gasteiger partial charge in [0, 0.05) is 12.5 Å². The Balaban J connectivity index is 1.90. The number of nitrogens with zero attached hydrogens (tertiary/aromatic N) is 2. The number of halogens is 2. The van der Waals surface area contributed by atoms with E-state index < -0.39 is 11.6 Å². The minimum atomic E-state index is -0.959. The van der Waals surface area contributed by atoms with Crippen LogP contribution in [0.4, 0.5) is 8.78 Å². The van der Waals surface area contributed by atoms with E-state index >= 15 is 0 Å². The minimum Gasteiger partial charge on any atom is -0.334 e. The first-order valence-corrected chi connectivity index (χ1v) is 6.24. The molecular weight excluding hydrogens is 252 g/mol. The molecule has 0 amide bonds. The van der Waals surface area contributed by atoms with Crippen LogP contribution in [0.25, 0.3) is 11.5 Å². The van der Waals surface area contributed by atoms with Gasteiger partial charge in [-0.25, -0.2) is 8.78 Å². The lowest BCUT2D eigenvalue weighted by atomic mass is 9.99. The van der Waals surface area contributed by atoms with E-state index in [1.165, 1.54) is 12.1 Å². The summed E-state index contributed by atoms with van der Waals surface area (Å²) in [6.45, 7) is 1.77. The van der Waals surface area contributed by atoms with E-state index in [0.717, 1.165) is 32.0 Å². The fraction of sp³-hybridized carbons (Fsp3) is 0.385. The maximum absolute atomic E-state index is 13.6. The van der Waals surface area contributed by atoms with Gasteiger partial charge >= 0.3 is 0 Å². The second kappa shape index (κ2) is 5.05. The Morgan fingerprint density at radius 1 is 1.32 bits per heavy atom. The van der Waals surface area contributed by atoms with Crippen molar-refractivity contribution in [3.05, 3.63) is 35.7 Å². The molecule has 6 heteroatoms. The molecule has 1 saturated heterocycles. The highest BCUT2D eigenvalue weighted by molar-refractivity contribution is 5.53. The third kappa shape index (κ3) is 2.35. The van der Waals surface area contributed by atoms with Crippen molar-refractivity contribution in [2.75, 3.05) is 13.1 Å². The molecule has 100 valence electrons. The number of aromatic nitrogens is 2. The summed E-state index contributed by atoms with van der Waals surface area (Å²) in [4.78, 5) is 4.18. The molecule has 1 fully saturated rings. The molecule has 1 unspecified atom stereocenters. The number of rotatable bonds is 2. The first-order chi connectivity index (χ1) is 9.25. The molecule has 1 aromatic carbocycles. The van der Waals surface area contributed by atoms with Gasteiger partial charge in [-0.2, -0.15) is 4.98 Å². The summed E-state index contributed by atoms with van der Waals surface area (Å²) in [7, 11) is 0. The van der Waals surface area contributed by atoms with E-state index in [-0.39, 0.29) is 17.4 Å². The smallest absolute Gasteiger partial charge is 0.261 e. The van der Waals surface area contributed by atoms with E-state index in [0.29, 0.717) is 5.82 Å². The zero-order chi connectivity index (χ0) is 13.2.